The average Bonchev–Trinajstić information content (AvgIpc) is 3.38. The molecule has 1 heterocycles. The van der Waals surface area contributed by atoms with Crippen LogP contribution in [-0.4, -0.2) is 77.7 Å². The van der Waals surface area contributed by atoms with Crippen molar-refractivity contribution in [3.05, 3.63) is 0 Å². The van der Waals surface area contributed by atoms with E-state index in [9.17, 15) is 28.8 Å². The summed E-state index contributed by atoms with van der Waals surface area (Å²) in [6, 6.07) is -4.64. The number of likely N-dealkylation sites (tertiary alicyclic amines) is 1. The molecular formula is C32H55N5O7. The molecule has 2 fully saturated rings. The molecule has 0 aromatic heterocycles. The van der Waals surface area contributed by atoms with Crippen molar-refractivity contribution in [2.45, 2.75) is 131 Å². The summed E-state index contributed by atoms with van der Waals surface area (Å²) in [5.74, 6) is -3.28. The van der Waals surface area contributed by atoms with E-state index in [4.69, 9.17) is 10.5 Å². The SMILES string of the molecule is CCC(C)(C)COC(=O)C(NC(=O)NC(C(=O)N1CCCC1C(=O)NC(CC1CCC1)C(=O)C(N)=O)C(C)(C)C)C(C)(C)C. The van der Waals surface area contributed by atoms with Gasteiger partial charge in [0.25, 0.3) is 5.91 Å². The molecule has 1 aliphatic heterocycles. The summed E-state index contributed by atoms with van der Waals surface area (Å²) in [4.78, 5) is 79.3. The maximum absolute atomic E-state index is 13.9. The van der Waals surface area contributed by atoms with E-state index in [2.05, 4.69) is 16.0 Å². The van der Waals surface area contributed by atoms with Gasteiger partial charge in [-0.2, -0.15) is 0 Å². The monoisotopic (exact) mass is 621 g/mol. The second-order valence-corrected chi connectivity index (χ2v) is 15.4. The molecule has 1 saturated heterocycles. The van der Waals surface area contributed by atoms with E-state index in [1.807, 2.05) is 41.5 Å². The fraction of sp³-hybridized carbons (Fsp3) is 0.812. The highest BCUT2D eigenvalue weighted by Gasteiger charge is 2.44. The Labute approximate surface area is 262 Å². The fourth-order valence-corrected chi connectivity index (χ4v) is 5.24. The third-order valence-electron chi connectivity index (χ3n) is 8.84. The Hall–Kier alpha value is -3.18. The summed E-state index contributed by atoms with van der Waals surface area (Å²) in [7, 11) is 0. The van der Waals surface area contributed by atoms with Gasteiger partial charge >= 0.3 is 12.0 Å². The van der Waals surface area contributed by atoms with Gasteiger partial charge in [0.2, 0.25) is 17.6 Å². The van der Waals surface area contributed by atoms with Crippen LogP contribution in [0.4, 0.5) is 4.79 Å². The molecule has 1 saturated carbocycles. The van der Waals surface area contributed by atoms with E-state index in [-0.39, 0.29) is 24.5 Å². The van der Waals surface area contributed by atoms with E-state index < -0.39 is 70.5 Å². The molecule has 5 amide bonds. The van der Waals surface area contributed by atoms with Gasteiger partial charge < -0.3 is 31.3 Å². The maximum Gasteiger partial charge on any atom is 0.329 e. The number of esters is 1. The highest BCUT2D eigenvalue weighted by Crippen LogP contribution is 2.31. The normalized spacial score (nSPS) is 19.7. The smallest absolute Gasteiger partial charge is 0.329 e. The van der Waals surface area contributed by atoms with Crippen LogP contribution in [-0.2, 0) is 28.7 Å². The minimum absolute atomic E-state index is 0.201. The zero-order valence-corrected chi connectivity index (χ0v) is 28.1. The molecule has 250 valence electrons. The molecule has 2 aliphatic rings. The first-order valence-corrected chi connectivity index (χ1v) is 15.9. The van der Waals surface area contributed by atoms with Crippen molar-refractivity contribution < 1.29 is 33.5 Å². The zero-order chi connectivity index (χ0) is 33.6. The molecule has 5 N–H and O–H groups in total. The van der Waals surface area contributed by atoms with Gasteiger partial charge in [-0.3, -0.25) is 19.2 Å². The summed E-state index contributed by atoms with van der Waals surface area (Å²) in [5.41, 5.74) is 3.61. The lowest BCUT2D eigenvalue weighted by molar-refractivity contribution is -0.151. The summed E-state index contributed by atoms with van der Waals surface area (Å²) < 4.78 is 5.57. The fourth-order valence-electron chi connectivity index (χ4n) is 5.24. The topological polar surface area (TPSA) is 177 Å². The van der Waals surface area contributed by atoms with Crippen molar-refractivity contribution in [1.29, 1.82) is 0 Å². The number of rotatable bonds is 13. The predicted molar refractivity (Wildman–Crippen MR) is 166 cm³/mol. The van der Waals surface area contributed by atoms with Crippen LogP contribution < -0.4 is 21.7 Å². The van der Waals surface area contributed by atoms with Gasteiger partial charge in [-0.1, -0.05) is 81.6 Å². The summed E-state index contributed by atoms with van der Waals surface area (Å²) in [6.45, 7) is 17.3. The van der Waals surface area contributed by atoms with Gasteiger partial charge in [0.15, 0.2) is 0 Å². The molecular weight excluding hydrogens is 566 g/mol. The molecule has 4 atom stereocenters. The number of ether oxygens (including phenoxy) is 1. The molecule has 0 bridgehead atoms. The number of hydrogen-bond donors (Lipinski definition) is 4. The molecule has 4 unspecified atom stereocenters. The van der Waals surface area contributed by atoms with Crippen LogP contribution in [0.3, 0.4) is 0 Å². The minimum Gasteiger partial charge on any atom is -0.464 e. The number of primary amides is 1. The maximum atomic E-state index is 13.9. The lowest BCUT2D eigenvalue weighted by Crippen LogP contribution is -2.62. The molecule has 0 aromatic rings. The van der Waals surface area contributed by atoms with Crippen LogP contribution in [0.5, 0.6) is 0 Å². The van der Waals surface area contributed by atoms with Gasteiger partial charge in [0, 0.05) is 6.54 Å². The van der Waals surface area contributed by atoms with Crippen LogP contribution in [0.25, 0.3) is 0 Å². The van der Waals surface area contributed by atoms with Crippen molar-refractivity contribution >= 4 is 35.5 Å². The van der Waals surface area contributed by atoms with Crippen LogP contribution in [0, 0.1) is 22.2 Å². The largest absolute Gasteiger partial charge is 0.464 e. The molecule has 2 rings (SSSR count). The number of nitrogens with zero attached hydrogens (tertiary/aromatic N) is 1. The lowest BCUT2D eigenvalue weighted by atomic mass is 9.80. The van der Waals surface area contributed by atoms with Crippen molar-refractivity contribution in [3.8, 4) is 0 Å². The summed E-state index contributed by atoms with van der Waals surface area (Å²) in [5, 5.41) is 8.16. The Kier molecular flexibility index (Phi) is 12.4. The van der Waals surface area contributed by atoms with Gasteiger partial charge in [-0.25, -0.2) is 9.59 Å². The highest BCUT2D eigenvalue weighted by atomic mass is 16.5. The van der Waals surface area contributed by atoms with E-state index >= 15 is 0 Å². The Morgan fingerprint density at radius 3 is 1.89 bits per heavy atom. The van der Waals surface area contributed by atoms with Crippen molar-refractivity contribution in [2.24, 2.45) is 27.9 Å². The number of nitrogens with one attached hydrogen (secondary N) is 3. The van der Waals surface area contributed by atoms with Gasteiger partial charge in [0.05, 0.1) is 12.6 Å². The number of urea groups is 1. The van der Waals surface area contributed by atoms with Crippen molar-refractivity contribution in [2.75, 3.05) is 13.2 Å². The number of hydrogen-bond acceptors (Lipinski definition) is 7. The molecule has 12 nitrogen and oxygen atoms in total. The Bertz CT molecular complexity index is 1090. The first-order valence-electron chi connectivity index (χ1n) is 15.9. The summed E-state index contributed by atoms with van der Waals surface area (Å²) >= 11 is 0. The Morgan fingerprint density at radius 1 is 0.841 bits per heavy atom. The summed E-state index contributed by atoms with van der Waals surface area (Å²) in [6.07, 6.45) is 4.92. The Balaban J connectivity index is 2.18. The number of carbonyl (C=O) groups is 6. The molecule has 0 aromatic carbocycles. The van der Waals surface area contributed by atoms with E-state index in [1.54, 1.807) is 20.8 Å². The average molecular weight is 622 g/mol. The van der Waals surface area contributed by atoms with Crippen LogP contribution >= 0.6 is 0 Å². The lowest BCUT2D eigenvalue weighted by Gasteiger charge is -2.37. The van der Waals surface area contributed by atoms with Crippen LogP contribution in [0.1, 0.15) is 107 Å². The number of carbonyl (C=O) groups excluding carboxylic acids is 6. The number of amides is 5. The first kappa shape index (κ1) is 37.0. The number of nitrogens with two attached hydrogens (primary N) is 1. The second kappa shape index (κ2) is 14.7. The molecule has 44 heavy (non-hydrogen) atoms. The third kappa shape index (κ3) is 10.2. The predicted octanol–water partition coefficient (Wildman–Crippen LogP) is 2.81. The molecule has 12 heteroatoms. The van der Waals surface area contributed by atoms with Crippen molar-refractivity contribution in [3.63, 3.8) is 0 Å². The van der Waals surface area contributed by atoms with Gasteiger partial charge in [-0.05, 0) is 47.8 Å². The van der Waals surface area contributed by atoms with Crippen LogP contribution in [0.2, 0.25) is 0 Å². The Morgan fingerprint density at radius 2 is 1.41 bits per heavy atom. The van der Waals surface area contributed by atoms with Crippen molar-refractivity contribution in [1.82, 2.24) is 20.9 Å². The number of Topliss-reactive ketones (excluding diaryl/α,β-unsaturated/α-hetero) is 1. The first-order chi connectivity index (χ1) is 20.2. The van der Waals surface area contributed by atoms with E-state index in [0.717, 1.165) is 25.7 Å². The second-order valence-electron chi connectivity index (χ2n) is 15.4. The minimum atomic E-state index is -1.11. The highest BCUT2D eigenvalue weighted by molar-refractivity contribution is 6.37. The third-order valence-corrected chi connectivity index (χ3v) is 8.84. The zero-order valence-electron chi connectivity index (χ0n) is 28.1. The standard InChI is InChI=1S/C32H55N5O7/c1-10-32(8,9)18-44-28(42)24(31(5,6)7)36-29(43)35-23(30(2,3)4)27(41)37-16-12-15-21(37)26(40)34-20(22(38)25(33)39)17-19-13-11-14-19/h19-21,23-24H,10-18H2,1-9H3,(H2,33,39)(H,34,40)(H2,35,36,43). The molecule has 0 radical (unpaired) electrons. The quantitative estimate of drug-likeness (QED) is 0.180. The van der Waals surface area contributed by atoms with Crippen LogP contribution in [0.15, 0.2) is 0 Å². The molecule has 0 spiro atoms. The van der Waals surface area contributed by atoms with E-state index in [1.165, 1.54) is 4.90 Å². The van der Waals surface area contributed by atoms with Gasteiger partial charge in [0.1, 0.15) is 18.1 Å². The number of ketones is 1. The van der Waals surface area contributed by atoms with Gasteiger partial charge in [-0.15, -0.1) is 0 Å². The van der Waals surface area contributed by atoms with E-state index in [0.29, 0.717) is 19.3 Å². The molecule has 1 aliphatic carbocycles.